The Hall–Kier alpha value is -3.24. The summed E-state index contributed by atoms with van der Waals surface area (Å²) in [4.78, 5) is 15.6. The van der Waals surface area contributed by atoms with E-state index >= 15 is 0 Å². The van der Waals surface area contributed by atoms with Crippen molar-refractivity contribution in [2.45, 2.75) is 24.8 Å². The fraction of sp³-hybridized carbons (Fsp3) is 0.222. The maximum Gasteiger partial charge on any atom is 0.163 e. The van der Waals surface area contributed by atoms with Crippen LogP contribution in [-0.4, -0.2) is 19.9 Å². The number of nitrogens with zero attached hydrogens (tertiary/aromatic N) is 1. The number of allylic oxidation sites excluding steroid dienone is 1. The summed E-state index contributed by atoms with van der Waals surface area (Å²) in [6.45, 7) is 0. The zero-order valence-electron chi connectivity index (χ0n) is 18.2. The number of hydrogen-bond donors (Lipinski definition) is 2. The predicted octanol–water partition coefficient (Wildman–Crippen LogP) is 6.39. The number of benzene rings is 3. The Balaban J connectivity index is 1.58. The van der Waals surface area contributed by atoms with E-state index < -0.39 is 0 Å². The number of ketones is 1. The standard InChI is InChI=1S/C27H26ClN3O/c1-31(2)21-13-9-18(10-14-21)27-26-24(29-22-5-3-4-6-23(22)30-27)15-19(16-25(26)32)17-7-11-20(28)12-8-17/h3-14,19,27,29-30H,15-16H2,1-2H3/t19-,27+/m0/s1. The number of fused-ring (bicyclic) bond motifs is 1. The van der Waals surface area contributed by atoms with Crippen LogP contribution in [0.5, 0.6) is 0 Å². The molecular formula is C27H26ClN3O. The van der Waals surface area contributed by atoms with Crippen molar-refractivity contribution in [1.29, 1.82) is 0 Å². The van der Waals surface area contributed by atoms with Crippen LogP contribution in [0.4, 0.5) is 17.1 Å². The molecule has 0 bridgehead atoms. The Morgan fingerprint density at radius 1 is 0.844 bits per heavy atom. The van der Waals surface area contributed by atoms with E-state index in [4.69, 9.17) is 11.6 Å². The monoisotopic (exact) mass is 443 g/mol. The molecule has 1 heterocycles. The van der Waals surface area contributed by atoms with Gasteiger partial charge in [0.25, 0.3) is 0 Å². The number of anilines is 3. The highest BCUT2D eigenvalue weighted by Crippen LogP contribution is 2.44. The third kappa shape index (κ3) is 3.87. The topological polar surface area (TPSA) is 44.4 Å². The minimum Gasteiger partial charge on any atom is -0.378 e. The number of Topliss-reactive ketones (excluding diaryl/α,β-unsaturated/α-hetero) is 1. The van der Waals surface area contributed by atoms with Crippen molar-refractivity contribution in [2.75, 3.05) is 29.6 Å². The van der Waals surface area contributed by atoms with Gasteiger partial charge in [0.05, 0.1) is 17.4 Å². The number of carbonyl (C=O) groups excluding carboxylic acids is 1. The van der Waals surface area contributed by atoms with Gasteiger partial charge in [-0.3, -0.25) is 4.79 Å². The van der Waals surface area contributed by atoms with Gasteiger partial charge in [0, 0.05) is 42.5 Å². The van der Waals surface area contributed by atoms with Crippen LogP contribution in [0.15, 0.2) is 84.1 Å². The Morgan fingerprint density at radius 2 is 1.50 bits per heavy atom. The third-order valence-corrected chi connectivity index (χ3v) is 6.65. The molecule has 0 saturated carbocycles. The van der Waals surface area contributed by atoms with Gasteiger partial charge in [-0.15, -0.1) is 0 Å². The largest absolute Gasteiger partial charge is 0.378 e. The lowest BCUT2D eigenvalue weighted by atomic mass is 9.78. The number of rotatable bonds is 3. The zero-order chi connectivity index (χ0) is 22.2. The molecule has 1 aliphatic carbocycles. The molecule has 2 atom stereocenters. The second-order valence-corrected chi connectivity index (χ2v) is 9.14. The Kier molecular flexibility index (Phi) is 5.40. The molecule has 0 spiro atoms. The van der Waals surface area contributed by atoms with E-state index in [1.165, 1.54) is 0 Å². The van der Waals surface area contributed by atoms with Gasteiger partial charge in [-0.05, 0) is 59.9 Å². The third-order valence-electron chi connectivity index (χ3n) is 6.39. The summed E-state index contributed by atoms with van der Waals surface area (Å²) in [6, 6.07) is 24.3. The Morgan fingerprint density at radius 3 is 2.19 bits per heavy atom. The zero-order valence-corrected chi connectivity index (χ0v) is 19.0. The average molecular weight is 444 g/mol. The van der Waals surface area contributed by atoms with Crippen LogP contribution in [0.2, 0.25) is 5.02 Å². The fourth-order valence-corrected chi connectivity index (χ4v) is 4.80. The van der Waals surface area contributed by atoms with Crippen molar-refractivity contribution in [3.8, 4) is 0 Å². The van der Waals surface area contributed by atoms with Crippen LogP contribution in [0.1, 0.15) is 35.9 Å². The van der Waals surface area contributed by atoms with E-state index in [2.05, 4.69) is 51.9 Å². The highest BCUT2D eigenvalue weighted by molar-refractivity contribution is 6.30. The van der Waals surface area contributed by atoms with Crippen LogP contribution >= 0.6 is 11.6 Å². The SMILES string of the molecule is CN(C)c1ccc([C@H]2Nc3ccccc3NC3=C2C(=O)C[C@@H](c2ccc(Cl)cc2)C3)cc1. The maximum absolute atomic E-state index is 13.6. The lowest BCUT2D eigenvalue weighted by Crippen LogP contribution is -2.26. The summed E-state index contributed by atoms with van der Waals surface area (Å²) < 4.78 is 0. The van der Waals surface area contributed by atoms with Crippen molar-refractivity contribution >= 4 is 34.4 Å². The number of halogens is 1. The van der Waals surface area contributed by atoms with Crippen LogP contribution in [0, 0.1) is 0 Å². The molecule has 0 saturated heterocycles. The molecule has 5 heteroatoms. The summed E-state index contributed by atoms with van der Waals surface area (Å²) in [5.74, 6) is 0.314. The molecule has 162 valence electrons. The maximum atomic E-state index is 13.6. The normalized spacial score (nSPS) is 19.9. The van der Waals surface area contributed by atoms with Crippen LogP contribution in [0.25, 0.3) is 0 Å². The summed E-state index contributed by atoms with van der Waals surface area (Å²) >= 11 is 6.09. The first-order chi connectivity index (χ1) is 15.5. The molecule has 0 radical (unpaired) electrons. The molecule has 2 aliphatic rings. The highest BCUT2D eigenvalue weighted by Gasteiger charge is 2.36. The van der Waals surface area contributed by atoms with E-state index in [0.29, 0.717) is 11.4 Å². The second kappa shape index (κ2) is 8.36. The van der Waals surface area contributed by atoms with E-state index in [1.54, 1.807) is 0 Å². The Bertz CT molecular complexity index is 1180. The van der Waals surface area contributed by atoms with Gasteiger partial charge in [0.15, 0.2) is 5.78 Å². The molecule has 0 fully saturated rings. The van der Waals surface area contributed by atoms with Gasteiger partial charge >= 0.3 is 0 Å². The smallest absolute Gasteiger partial charge is 0.163 e. The van der Waals surface area contributed by atoms with E-state index in [0.717, 1.165) is 45.9 Å². The van der Waals surface area contributed by atoms with Crippen LogP contribution in [0.3, 0.4) is 0 Å². The summed E-state index contributed by atoms with van der Waals surface area (Å²) in [5.41, 5.74) is 7.20. The first kappa shape index (κ1) is 20.7. The summed E-state index contributed by atoms with van der Waals surface area (Å²) in [7, 11) is 4.06. The van der Waals surface area contributed by atoms with Crippen LogP contribution in [-0.2, 0) is 4.79 Å². The molecule has 4 nitrogen and oxygen atoms in total. The lowest BCUT2D eigenvalue weighted by molar-refractivity contribution is -0.116. The predicted molar refractivity (Wildman–Crippen MR) is 133 cm³/mol. The Labute approximate surface area is 193 Å². The molecule has 3 aromatic carbocycles. The quantitative estimate of drug-likeness (QED) is 0.492. The lowest BCUT2D eigenvalue weighted by Gasteiger charge is -2.30. The van der Waals surface area contributed by atoms with Gasteiger partial charge in [-0.25, -0.2) is 0 Å². The van der Waals surface area contributed by atoms with Crippen molar-refractivity contribution < 1.29 is 4.79 Å². The molecule has 32 heavy (non-hydrogen) atoms. The highest BCUT2D eigenvalue weighted by atomic mass is 35.5. The molecule has 3 aromatic rings. The average Bonchev–Trinajstić information content (AvgIpc) is 2.96. The van der Waals surface area contributed by atoms with Gasteiger partial charge < -0.3 is 15.5 Å². The van der Waals surface area contributed by atoms with Gasteiger partial charge in [0.2, 0.25) is 0 Å². The molecular weight excluding hydrogens is 418 g/mol. The molecule has 2 N–H and O–H groups in total. The minimum atomic E-state index is -0.198. The first-order valence-electron chi connectivity index (χ1n) is 10.9. The molecule has 0 aromatic heterocycles. The van der Waals surface area contributed by atoms with Crippen molar-refractivity contribution in [3.05, 3.63) is 100 Å². The summed E-state index contributed by atoms with van der Waals surface area (Å²) in [5, 5.41) is 7.95. The second-order valence-electron chi connectivity index (χ2n) is 8.71. The molecule has 0 unspecified atom stereocenters. The van der Waals surface area contributed by atoms with E-state index in [9.17, 15) is 4.79 Å². The van der Waals surface area contributed by atoms with Gasteiger partial charge in [0.1, 0.15) is 0 Å². The molecule has 1 aliphatic heterocycles. The van der Waals surface area contributed by atoms with E-state index in [1.807, 2.05) is 50.5 Å². The molecule has 5 rings (SSSR count). The number of hydrogen-bond acceptors (Lipinski definition) is 4. The molecule has 0 amide bonds. The van der Waals surface area contributed by atoms with Crippen LogP contribution < -0.4 is 15.5 Å². The number of para-hydroxylation sites is 2. The van der Waals surface area contributed by atoms with Crippen molar-refractivity contribution in [2.24, 2.45) is 0 Å². The minimum absolute atomic E-state index is 0.132. The first-order valence-corrected chi connectivity index (χ1v) is 11.3. The van der Waals surface area contributed by atoms with Gasteiger partial charge in [-0.1, -0.05) is 48.0 Å². The fourth-order valence-electron chi connectivity index (χ4n) is 4.68. The number of carbonyl (C=O) groups is 1. The van der Waals surface area contributed by atoms with Crippen molar-refractivity contribution in [1.82, 2.24) is 0 Å². The summed E-state index contributed by atoms with van der Waals surface area (Å²) in [6.07, 6.45) is 1.28. The number of nitrogens with one attached hydrogen (secondary N) is 2. The van der Waals surface area contributed by atoms with Crippen molar-refractivity contribution in [3.63, 3.8) is 0 Å². The van der Waals surface area contributed by atoms with Gasteiger partial charge in [-0.2, -0.15) is 0 Å². The van der Waals surface area contributed by atoms with E-state index in [-0.39, 0.29) is 17.7 Å².